The lowest BCUT2D eigenvalue weighted by Crippen LogP contribution is -2.30. The number of carbonyl (C=O) groups is 2. The first-order chi connectivity index (χ1) is 13.9. The van der Waals surface area contributed by atoms with Crippen LogP contribution >= 0.6 is 23.2 Å². The Labute approximate surface area is 178 Å². The lowest BCUT2D eigenvalue weighted by molar-refractivity contribution is -0.123. The molecule has 5 nitrogen and oxygen atoms in total. The van der Waals surface area contributed by atoms with E-state index in [-0.39, 0.29) is 0 Å². The van der Waals surface area contributed by atoms with Crippen molar-refractivity contribution in [2.75, 3.05) is 5.32 Å². The van der Waals surface area contributed by atoms with E-state index in [0.29, 0.717) is 21.3 Å². The molecule has 0 radical (unpaired) electrons. The zero-order chi connectivity index (χ0) is 20.5. The van der Waals surface area contributed by atoms with Gasteiger partial charge in [0.2, 0.25) is 0 Å². The Morgan fingerprint density at radius 3 is 2.59 bits per heavy atom. The number of anilines is 1. The zero-order valence-corrected chi connectivity index (χ0v) is 17.2. The van der Waals surface area contributed by atoms with E-state index in [4.69, 9.17) is 27.9 Å². The van der Waals surface area contributed by atoms with Crippen LogP contribution < -0.4 is 5.32 Å². The largest absolute Gasteiger partial charge is 0.449 e. The van der Waals surface area contributed by atoms with Gasteiger partial charge in [-0.25, -0.2) is 4.79 Å². The molecule has 1 amide bonds. The molecular weight excluding hydrogens is 411 g/mol. The molecule has 0 fully saturated rings. The first-order valence-corrected chi connectivity index (χ1v) is 10.1. The Bertz CT molecular complexity index is 1110. The normalized spacial score (nSPS) is 13.8. The summed E-state index contributed by atoms with van der Waals surface area (Å²) < 4.78 is 5.52. The average molecular weight is 429 g/mol. The monoisotopic (exact) mass is 428 g/mol. The van der Waals surface area contributed by atoms with Gasteiger partial charge in [0.25, 0.3) is 5.91 Å². The summed E-state index contributed by atoms with van der Waals surface area (Å²) in [5, 5.41) is 4.21. The number of pyridine rings is 1. The summed E-state index contributed by atoms with van der Waals surface area (Å²) >= 11 is 11.9. The molecule has 1 aliphatic rings. The number of fused-ring (bicyclic) bond motifs is 2. The van der Waals surface area contributed by atoms with Crippen molar-refractivity contribution in [3.63, 3.8) is 0 Å². The number of esters is 1. The number of ether oxygens (including phenoxy) is 1. The van der Waals surface area contributed by atoms with E-state index in [1.807, 2.05) is 24.3 Å². The van der Waals surface area contributed by atoms with E-state index < -0.39 is 18.0 Å². The molecule has 148 valence electrons. The number of para-hydroxylation sites is 1. The summed E-state index contributed by atoms with van der Waals surface area (Å²) in [6, 6.07) is 12.2. The van der Waals surface area contributed by atoms with Crippen LogP contribution in [0.5, 0.6) is 0 Å². The van der Waals surface area contributed by atoms with Gasteiger partial charge in [0.05, 0.1) is 11.1 Å². The fraction of sp³-hybridized carbons (Fsp3) is 0.227. The Morgan fingerprint density at radius 2 is 1.83 bits per heavy atom. The van der Waals surface area contributed by atoms with Crippen LogP contribution in [0, 0.1) is 0 Å². The molecule has 1 heterocycles. The highest BCUT2D eigenvalue weighted by Gasteiger charge is 2.27. The Hall–Kier alpha value is -2.63. The second-order valence-corrected chi connectivity index (χ2v) is 7.85. The van der Waals surface area contributed by atoms with Crippen LogP contribution in [-0.4, -0.2) is 23.0 Å². The molecule has 0 spiro atoms. The topological polar surface area (TPSA) is 68.3 Å². The van der Waals surface area contributed by atoms with Gasteiger partial charge in [-0.1, -0.05) is 41.4 Å². The molecule has 0 aliphatic heterocycles. The van der Waals surface area contributed by atoms with Crippen molar-refractivity contribution >= 4 is 51.7 Å². The first-order valence-electron chi connectivity index (χ1n) is 9.31. The van der Waals surface area contributed by atoms with E-state index in [0.717, 1.165) is 41.4 Å². The van der Waals surface area contributed by atoms with Crippen molar-refractivity contribution in [2.45, 2.75) is 32.3 Å². The van der Waals surface area contributed by atoms with Crippen molar-refractivity contribution in [2.24, 2.45) is 0 Å². The third kappa shape index (κ3) is 4.07. The summed E-state index contributed by atoms with van der Waals surface area (Å²) in [4.78, 5) is 30.2. The van der Waals surface area contributed by atoms with Crippen LogP contribution in [0.15, 0.2) is 42.5 Å². The minimum absolute atomic E-state index is 0.399. The molecule has 29 heavy (non-hydrogen) atoms. The minimum atomic E-state index is -0.996. The number of hydrogen-bond acceptors (Lipinski definition) is 4. The molecular formula is C22H18Cl2N2O3. The fourth-order valence-electron chi connectivity index (χ4n) is 3.59. The molecule has 0 saturated heterocycles. The van der Waals surface area contributed by atoms with Crippen LogP contribution in [0.1, 0.15) is 35.0 Å². The third-order valence-corrected chi connectivity index (χ3v) is 5.34. The van der Waals surface area contributed by atoms with E-state index >= 15 is 0 Å². The van der Waals surface area contributed by atoms with E-state index in [1.165, 1.54) is 6.92 Å². The molecule has 3 aromatic rings. The molecule has 2 aromatic carbocycles. The number of nitrogens with one attached hydrogen (secondary N) is 1. The van der Waals surface area contributed by atoms with Crippen molar-refractivity contribution in [3.8, 4) is 0 Å². The maximum Gasteiger partial charge on any atom is 0.339 e. The summed E-state index contributed by atoms with van der Waals surface area (Å²) in [7, 11) is 0. The maximum atomic E-state index is 13.0. The number of halogens is 2. The number of benzene rings is 2. The Morgan fingerprint density at radius 1 is 1.10 bits per heavy atom. The van der Waals surface area contributed by atoms with Crippen molar-refractivity contribution in [3.05, 3.63) is 69.3 Å². The lowest BCUT2D eigenvalue weighted by Gasteiger charge is -2.16. The van der Waals surface area contributed by atoms with Gasteiger partial charge in [0.1, 0.15) is 0 Å². The number of hydrogen-bond donors (Lipinski definition) is 1. The second-order valence-electron chi connectivity index (χ2n) is 6.98. The van der Waals surface area contributed by atoms with Gasteiger partial charge in [-0.3, -0.25) is 9.78 Å². The fourth-order valence-corrected chi connectivity index (χ4v) is 4.11. The van der Waals surface area contributed by atoms with Crippen molar-refractivity contribution < 1.29 is 14.3 Å². The number of carbonyl (C=O) groups excluding carboxylic acids is 2. The third-order valence-electron chi connectivity index (χ3n) is 4.91. The first kappa shape index (κ1) is 19.7. The van der Waals surface area contributed by atoms with Crippen LogP contribution in [-0.2, 0) is 22.4 Å². The van der Waals surface area contributed by atoms with Gasteiger partial charge < -0.3 is 10.1 Å². The molecule has 7 heteroatoms. The van der Waals surface area contributed by atoms with Gasteiger partial charge in [-0.2, -0.15) is 0 Å². The molecule has 0 bridgehead atoms. The van der Waals surface area contributed by atoms with E-state index in [1.54, 1.807) is 18.2 Å². The highest BCUT2D eigenvalue weighted by molar-refractivity contribution is 6.35. The number of nitrogens with zero attached hydrogens (tertiary/aromatic N) is 1. The van der Waals surface area contributed by atoms with Crippen molar-refractivity contribution in [1.82, 2.24) is 4.98 Å². The molecule has 4 rings (SSSR count). The molecule has 0 saturated carbocycles. The van der Waals surface area contributed by atoms with Gasteiger partial charge in [-0.05, 0) is 56.0 Å². The lowest BCUT2D eigenvalue weighted by atomic mass is 10.0. The number of aryl methyl sites for hydroxylation is 1. The Kier molecular flexibility index (Phi) is 5.43. The average Bonchev–Trinajstić information content (AvgIpc) is 3.12. The minimum Gasteiger partial charge on any atom is -0.449 e. The number of rotatable bonds is 4. The molecule has 1 aromatic heterocycles. The van der Waals surface area contributed by atoms with Crippen LogP contribution in [0.25, 0.3) is 10.9 Å². The number of amides is 1. The van der Waals surface area contributed by atoms with Gasteiger partial charge in [0, 0.05) is 26.8 Å². The second kappa shape index (κ2) is 8.01. The highest BCUT2D eigenvalue weighted by atomic mass is 35.5. The summed E-state index contributed by atoms with van der Waals surface area (Å²) in [5.41, 5.74) is 3.55. The standard InChI is InChI=1S/C22H18Cl2N2O3/c1-12(21(27)25-15-10-13(23)9-14(24)11-15)29-22(28)20-16-5-2-3-7-18(16)26-19-8-4-6-17(19)20/h2-3,5,7,9-12H,4,6,8H2,1H3,(H,25,27)/t12-/m1/s1. The van der Waals surface area contributed by atoms with Gasteiger partial charge in [-0.15, -0.1) is 0 Å². The highest BCUT2D eigenvalue weighted by Crippen LogP contribution is 2.31. The van der Waals surface area contributed by atoms with Crippen LogP contribution in [0.4, 0.5) is 5.69 Å². The summed E-state index contributed by atoms with van der Waals surface area (Å²) in [6.45, 7) is 1.53. The summed E-state index contributed by atoms with van der Waals surface area (Å²) in [6.07, 6.45) is 1.57. The molecule has 1 N–H and O–H groups in total. The van der Waals surface area contributed by atoms with Gasteiger partial charge in [0.15, 0.2) is 6.10 Å². The van der Waals surface area contributed by atoms with E-state index in [2.05, 4.69) is 10.3 Å². The predicted molar refractivity (Wildman–Crippen MR) is 114 cm³/mol. The number of aromatic nitrogens is 1. The predicted octanol–water partition coefficient (Wildman–Crippen LogP) is 5.21. The van der Waals surface area contributed by atoms with Crippen molar-refractivity contribution in [1.29, 1.82) is 0 Å². The van der Waals surface area contributed by atoms with E-state index in [9.17, 15) is 9.59 Å². The maximum absolute atomic E-state index is 13.0. The molecule has 1 atom stereocenters. The van der Waals surface area contributed by atoms with Gasteiger partial charge >= 0.3 is 5.97 Å². The molecule has 0 unspecified atom stereocenters. The quantitative estimate of drug-likeness (QED) is 0.578. The van der Waals surface area contributed by atoms with Crippen LogP contribution in [0.3, 0.4) is 0 Å². The summed E-state index contributed by atoms with van der Waals surface area (Å²) in [5.74, 6) is -0.986. The smallest absolute Gasteiger partial charge is 0.339 e. The Balaban J connectivity index is 1.57. The molecule has 1 aliphatic carbocycles. The SMILES string of the molecule is C[C@@H](OC(=O)c1c2c(nc3ccccc13)CCC2)C(=O)Nc1cc(Cl)cc(Cl)c1. The zero-order valence-electron chi connectivity index (χ0n) is 15.7. The van der Waals surface area contributed by atoms with Crippen LogP contribution in [0.2, 0.25) is 10.0 Å².